The smallest absolute Gasteiger partial charge is 0.262 e. The van der Waals surface area contributed by atoms with E-state index in [0.29, 0.717) is 38.3 Å². The van der Waals surface area contributed by atoms with Crippen molar-refractivity contribution in [2.24, 2.45) is 0 Å². The predicted molar refractivity (Wildman–Crippen MR) is 133 cm³/mol. The number of rotatable bonds is 8. The summed E-state index contributed by atoms with van der Waals surface area (Å²) in [7, 11) is 2.99. The minimum Gasteiger partial charge on any atom is -0.495 e. The number of para-hydroxylation sites is 1. The molecule has 0 saturated carbocycles. The Morgan fingerprint density at radius 2 is 1.91 bits per heavy atom. The number of amides is 1. The van der Waals surface area contributed by atoms with E-state index in [1.54, 1.807) is 47.3 Å². The van der Waals surface area contributed by atoms with Gasteiger partial charge < -0.3 is 14.8 Å². The van der Waals surface area contributed by atoms with Crippen LogP contribution in [0.4, 0.5) is 5.69 Å². The summed E-state index contributed by atoms with van der Waals surface area (Å²) in [5.41, 5.74) is 1.66. The molecule has 0 atom stereocenters. The second kappa shape index (κ2) is 10.6. The normalized spacial score (nSPS) is 10.8. The molecular formula is C24H21ClN4O4S. The second-order valence-corrected chi connectivity index (χ2v) is 8.54. The van der Waals surface area contributed by atoms with Gasteiger partial charge in [0.2, 0.25) is 5.91 Å². The molecule has 0 fully saturated rings. The Hall–Kier alpha value is -3.56. The third-order valence-corrected chi connectivity index (χ3v) is 6.24. The van der Waals surface area contributed by atoms with Crippen LogP contribution in [0.5, 0.6) is 11.5 Å². The first-order valence-corrected chi connectivity index (χ1v) is 11.6. The van der Waals surface area contributed by atoms with Crippen LogP contribution in [-0.2, 0) is 11.3 Å². The quantitative estimate of drug-likeness (QED) is 0.288. The van der Waals surface area contributed by atoms with Gasteiger partial charge in [0.1, 0.15) is 11.5 Å². The summed E-state index contributed by atoms with van der Waals surface area (Å²) in [5, 5.41) is 4.08. The largest absolute Gasteiger partial charge is 0.495 e. The van der Waals surface area contributed by atoms with Crippen LogP contribution in [0.2, 0.25) is 5.02 Å². The molecule has 8 nitrogen and oxygen atoms in total. The van der Waals surface area contributed by atoms with Gasteiger partial charge in [-0.1, -0.05) is 41.6 Å². The summed E-state index contributed by atoms with van der Waals surface area (Å²) in [6.07, 6.45) is 3.37. The van der Waals surface area contributed by atoms with Crippen LogP contribution in [0.3, 0.4) is 0 Å². The molecule has 2 aromatic heterocycles. The van der Waals surface area contributed by atoms with E-state index >= 15 is 0 Å². The van der Waals surface area contributed by atoms with E-state index in [-0.39, 0.29) is 23.8 Å². The molecule has 0 spiro atoms. The molecule has 1 N–H and O–H groups in total. The van der Waals surface area contributed by atoms with Crippen molar-refractivity contribution in [3.8, 4) is 11.5 Å². The first-order chi connectivity index (χ1) is 16.5. The Labute approximate surface area is 204 Å². The van der Waals surface area contributed by atoms with Crippen molar-refractivity contribution in [2.45, 2.75) is 11.7 Å². The zero-order chi connectivity index (χ0) is 24.1. The summed E-state index contributed by atoms with van der Waals surface area (Å²) in [4.78, 5) is 34.7. The van der Waals surface area contributed by atoms with Gasteiger partial charge in [0.05, 0.1) is 48.1 Å². The van der Waals surface area contributed by atoms with Crippen molar-refractivity contribution < 1.29 is 14.3 Å². The number of aromatic nitrogens is 3. The lowest BCUT2D eigenvalue weighted by Crippen LogP contribution is -2.25. The maximum absolute atomic E-state index is 13.2. The van der Waals surface area contributed by atoms with Crippen LogP contribution in [0.1, 0.15) is 5.56 Å². The van der Waals surface area contributed by atoms with E-state index in [4.69, 9.17) is 21.1 Å². The van der Waals surface area contributed by atoms with Crippen molar-refractivity contribution in [3.05, 3.63) is 81.9 Å². The fraction of sp³-hybridized carbons (Fsp3) is 0.167. The number of hydrogen-bond acceptors (Lipinski definition) is 7. The first-order valence-electron chi connectivity index (χ1n) is 10.2. The standard InChI is InChI=1S/C24H21ClN4O4S/c1-32-20-11-21(33-2)19(10-17(20)25)27-22(30)14-34-24-28-18-8-4-3-7-16(18)23(31)29(24)13-15-6-5-9-26-12-15/h3-12H,13-14H2,1-2H3,(H,27,30). The van der Waals surface area contributed by atoms with E-state index in [1.807, 2.05) is 18.2 Å². The topological polar surface area (TPSA) is 95.3 Å². The average molecular weight is 497 g/mol. The molecule has 0 bridgehead atoms. The van der Waals surface area contributed by atoms with Crippen molar-refractivity contribution in [1.29, 1.82) is 0 Å². The Morgan fingerprint density at radius 3 is 2.65 bits per heavy atom. The summed E-state index contributed by atoms with van der Waals surface area (Å²) >= 11 is 7.36. The second-order valence-electron chi connectivity index (χ2n) is 7.19. The molecule has 0 aliphatic rings. The zero-order valence-corrected chi connectivity index (χ0v) is 20.0. The highest BCUT2D eigenvalue weighted by atomic mass is 35.5. The van der Waals surface area contributed by atoms with Crippen molar-refractivity contribution >= 4 is 45.9 Å². The lowest BCUT2D eigenvalue weighted by atomic mass is 10.2. The molecule has 4 rings (SSSR count). The first kappa shape index (κ1) is 23.6. The van der Waals surface area contributed by atoms with Gasteiger partial charge in [-0.3, -0.25) is 19.1 Å². The van der Waals surface area contributed by atoms with E-state index in [9.17, 15) is 9.59 Å². The van der Waals surface area contributed by atoms with E-state index in [2.05, 4.69) is 15.3 Å². The number of hydrogen-bond donors (Lipinski definition) is 1. The molecular weight excluding hydrogens is 476 g/mol. The maximum atomic E-state index is 13.2. The number of nitrogens with one attached hydrogen (secondary N) is 1. The van der Waals surface area contributed by atoms with Gasteiger partial charge in [-0.05, 0) is 29.8 Å². The Bertz CT molecular complexity index is 1400. The van der Waals surface area contributed by atoms with Crippen LogP contribution < -0.4 is 20.3 Å². The molecule has 4 aromatic rings. The molecule has 2 aromatic carbocycles. The van der Waals surface area contributed by atoms with Gasteiger partial charge in [0.25, 0.3) is 5.56 Å². The number of carbonyl (C=O) groups is 1. The number of methoxy groups -OCH3 is 2. The lowest BCUT2D eigenvalue weighted by molar-refractivity contribution is -0.113. The number of thioether (sulfide) groups is 1. The SMILES string of the molecule is COc1cc(OC)c(NC(=O)CSc2nc3ccccc3c(=O)n2Cc2cccnc2)cc1Cl. The number of anilines is 1. The lowest BCUT2D eigenvalue weighted by Gasteiger charge is -2.14. The predicted octanol–water partition coefficient (Wildman–Crippen LogP) is 4.24. The molecule has 0 saturated heterocycles. The molecule has 0 radical (unpaired) electrons. The highest BCUT2D eigenvalue weighted by Gasteiger charge is 2.16. The molecule has 10 heteroatoms. The number of nitrogens with zero attached hydrogens (tertiary/aromatic N) is 3. The molecule has 0 unspecified atom stereocenters. The molecule has 0 aliphatic carbocycles. The monoisotopic (exact) mass is 496 g/mol. The van der Waals surface area contributed by atoms with Gasteiger partial charge in [-0.15, -0.1) is 0 Å². The minimum atomic E-state index is -0.306. The van der Waals surface area contributed by atoms with Crippen LogP contribution in [0.25, 0.3) is 10.9 Å². The maximum Gasteiger partial charge on any atom is 0.262 e. The third-order valence-electron chi connectivity index (χ3n) is 4.97. The number of pyridine rings is 1. The van der Waals surface area contributed by atoms with Crippen LogP contribution in [0, 0.1) is 0 Å². The van der Waals surface area contributed by atoms with Gasteiger partial charge >= 0.3 is 0 Å². The van der Waals surface area contributed by atoms with Crippen LogP contribution in [0.15, 0.2) is 70.9 Å². The number of fused-ring (bicyclic) bond motifs is 1. The van der Waals surface area contributed by atoms with E-state index in [1.165, 1.54) is 26.0 Å². The highest BCUT2D eigenvalue weighted by Crippen LogP contribution is 2.36. The van der Waals surface area contributed by atoms with Gasteiger partial charge in [-0.25, -0.2) is 4.98 Å². The fourth-order valence-corrected chi connectivity index (χ4v) is 4.38. The third kappa shape index (κ3) is 5.16. The van der Waals surface area contributed by atoms with Gasteiger partial charge in [0.15, 0.2) is 5.16 Å². The van der Waals surface area contributed by atoms with Crippen molar-refractivity contribution in [1.82, 2.24) is 14.5 Å². The average Bonchev–Trinajstić information content (AvgIpc) is 2.85. The van der Waals surface area contributed by atoms with Crippen LogP contribution >= 0.6 is 23.4 Å². The molecule has 1 amide bonds. The van der Waals surface area contributed by atoms with Crippen molar-refractivity contribution in [3.63, 3.8) is 0 Å². The molecule has 174 valence electrons. The zero-order valence-electron chi connectivity index (χ0n) is 18.4. The Kier molecular flexibility index (Phi) is 7.34. The van der Waals surface area contributed by atoms with E-state index in [0.717, 1.165) is 5.56 Å². The number of halogens is 1. The summed E-state index contributed by atoms with van der Waals surface area (Å²) in [6.45, 7) is 0.288. The van der Waals surface area contributed by atoms with Gasteiger partial charge in [0, 0.05) is 18.5 Å². The summed E-state index contributed by atoms with van der Waals surface area (Å²) in [6, 6.07) is 14.0. The van der Waals surface area contributed by atoms with Crippen LogP contribution in [-0.4, -0.2) is 40.4 Å². The number of carbonyl (C=O) groups excluding carboxylic acids is 1. The molecule has 2 heterocycles. The summed E-state index contributed by atoms with van der Waals surface area (Å²) < 4.78 is 12.1. The number of ether oxygens (including phenoxy) is 2. The minimum absolute atomic E-state index is 0.0185. The summed E-state index contributed by atoms with van der Waals surface area (Å²) in [5.74, 6) is 0.562. The Balaban J connectivity index is 1.59. The Morgan fingerprint density at radius 1 is 1.12 bits per heavy atom. The molecule has 34 heavy (non-hydrogen) atoms. The molecule has 0 aliphatic heterocycles. The highest BCUT2D eigenvalue weighted by molar-refractivity contribution is 7.99. The van der Waals surface area contributed by atoms with Gasteiger partial charge in [-0.2, -0.15) is 0 Å². The van der Waals surface area contributed by atoms with Crippen molar-refractivity contribution in [2.75, 3.05) is 25.3 Å². The fourth-order valence-electron chi connectivity index (χ4n) is 3.35. The number of benzene rings is 2. The van der Waals surface area contributed by atoms with E-state index < -0.39 is 0 Å².